The maximum atomic E-state index is 13.1. The van der Waals surface area contributed by atoms with Crippen molar-refractivity contribution in [2.45, 2.75) is 19.1 Å². The van der Waals surface area contributed by atoms with Crippen LogP contribution in [0.25, 0.3) is 0 Å². The molecule has 5 nitrogen and oxygen atoms in total. The first kappa shape index (κ1) is 18.1. The summed E-state index contributed by atoms with van der Waals surface area (Å²) in [7, 11) is 1.56. The average molecular weight is 344 g/mol. The van der Waals surface area contributed by atoms with Crippen LogP contribution in [0.2, 0.25) is 5.02 Å². The molecular weight excluding hydrogens is 321 g/mol. The molecule has 23 heavy (non-hydrogen) atoms. The van der Waals surface area contributed by atoms with Gasteiger partial charge in [0.15, 0.2) is 0 Å². The molecule has 2 N–H and O–H groups in total. The van der Waals surface area contributed by atoms with E-state index in [4.69, 9.17) is 22.1 Å². The van der Waals surface area contributed by atoms with Crippen LogP contribution < -0.4 is 5.73 Å². The van der Waals surface area contributed by atoms with Crippen LogP contribution in [0, 0.1) is 5.82 Å². The molecule has 2 rings (SSSR count). The Hall–Kier alpha value is -1.21. The first-order valence-corrected chi connectivity index (χ1v) is 8.08. The molecule has 0 aromatic heterocycles. The number of halogens is 2. The molecule has 0 aliphatic carbocycles. The highest BCUT2D eigenvalue weighted by Gasteiger charge is 2.23. The minimum Gasteiger partial charge on any atom is -0.380 e. The molecule has 7 heteroatoms. The van der Waals surface area contributed by atoms with Gasteiger partial charge in [0.2, 0.25) is 5.91 Å². The van der Waals surface area contributed by atoms with Gasteiger partial charge in [0, 0.05) is 51.4 Å². The Bertz CT molecular complexity index is 532. The zero-order valence-corrected chi connectivity index (χ0v) is 14.1. The third kappa shape index (κ3) is 5.14. The molecule has 1 aliphatic rings. The number of amides is 1. The van der Waals surface area contributed by atoms with Crippen LogP contribution in [-0.4, -0.2) is 61.6 Å². The fourth-order valence-electron chi connectivity index (χ4n) is 2.63. The predicted molar refractivity (Wildman–Crippen MR) is 87.7 cm³/mol. The summed E-state index contributed by atoms with van der Waals surface area (Å²) in [4.78, 5) is 16.2. The molecule has 1 saturated heterocycles. The highest BCUT2D eigenvalue weighted by molar-refractivity contribution is 6.31. The summed E-state index contributed by atoms with van der Waals surface area (Å²) in [5, 5.41) is 0.439. The smallest absolute Gasteiger partial charge is 0.225 e. The largest absolute Gasteiger partial charge is 0.380 e. The summed E-state index contributed by atoms with van der Waals surface area (Å²) in [5.41, 5.74) is 6.45. The molecule has 1 aromatic carbocycles. The van der Waals surface area contributed by atoms with E-state index in [1.54, 1.807) is 13.2 Å². The van der Waals surface area contributed by atoms with E-state index < -0.39 is 0 Å². The maximum Gasteiger partial charge on any atom is 0.225 e. The molecule has 1 fully saturated rings. The van der Waals surface area contributed by atoms with Gasteiger partial charge in [-0.1, -0.05) is 17.7 Å². The Balaban J connectivity index is 1.82. The predicted octanol–water partition coefficient (Wildman–Crippen LogP) is 1.49. The highest BCUT2D eigenvalue weighted by Crippen LogP contribution is 2.20. The van der Waals surface area contributed by atoms with Crippen molar-refractivity contribution in [1.29, 1.82) is 0 Å². The van der Waals surface area contributed by atoms with Crippen molar-refractivity contribution in [2.75, 3.05) is 39.8 Å². The van der Waals surface area contributed by atoms with E-state index in [0.29, 0.717) is 37.6 Å². The number of piperazine rings is 1. The maximum absolute atomic E-state index is 13.1. The first-order chi connectivity index (χ1) is 11.0. The average Bonchev–Trinajstić information content (AvgIpc) is 2.55. The Morgan fingerprint density at radius 2 is 2.09 bits per heavy atom. The standard InChI is InChI=1S/C16H23ClFN3O2/c1-23-14(10-19)9-16(22)21-6-4-20(5-7-21)11-12-2-3-13(18)8-15(12)17/h2-3,8,14H,4-7,9-11,19H2,1H3. The quantitative estimate of drug-likeness (QED) is 0.850. The van der Waals surface area contributed by atoms with Crippen LogP contribution >= 0.6 is 11.6 Å². The zero-order chi connectivity index (χ0) is 16.8. The van der Waals surface area contributed by atoms with Gasteiger partial charge in [0.1, 0.15) is 5.82 Å². The summed E-state index contributed by atoms with van der Waals surface area (Å²) < 4.78 is 18.2. The molecular formula is C16H23ClFN3O2. The normalized spacial score (nSPS) is 17.3. The van der Waals surface area contributed by atoms with Gasteiger partial charge in [0.05, 0.1) is 12.5 Å². The monoisotopic (exact) mass is 343 g/mol. The van der Waals surface area contributed by atoms with Gasteiger partial charge in [-0.15, -0.1) is 0 Å². The third-order valence-electron chi connectivity index (χ3n) is 4.13. The number of nitrogens with zero attached hydrogens (tertiary/aromatic N) is 2. The van der Waals surface area contributed by atoms with Crippen molar-refractivity contribution in [2.24, 2.45) is 5.73 Å². The fraction of sp³-hybridized carbons (Fsp3) is 0.562. The highest BCUT2D eigenvalue weighted by atomic mass is 35.5. The number of ether oxygens (including phenoxy) is 1. The lowest BCUT2D eigenvalue weighted by atomic mass is 10.1. The van der Waals surface area contributed by atoms with Gasteiger partial charge in [-0.25, -0.2) is 4.39 Å². The number of nitrogens with two attached hydrogens (primary N) is 1. The third-order valence-corrected chi connectivity index (χ3v) is 4.48. The van der Waals surface area contributed by atoms with Crippen LogP contribution in [0.4, 0.5) is 4.39 Å². The van der Waals surface area contributed by atoms with Crippen molar-refractivity contribution in [1.82, 2.24) is 9.80 Å². The lowest BCUT2D eigenvalue weighted by Crippen LogP contribution is -2.49. The number of carbonyl (C=O) groups is 1. The van der Waals surface area contributed by atoms with Gasteiger partial charge >= 0.3 is 0 Å². The molecule has 0 spiro atoms. The number of carbonyl (C=O) groups excluding carboxylic acids is 1. The lowest BCUT2D eigenvalue weighted by molar-refractivity contribution is -0.135. The van der Waals surface area contributed by atoms with E-state index in [9.17, 15) is 9.18 Å². The molecule has 0 saturated carbocycles. The van der Waals surface area contributed by atoms with Crippen LogP contribution in [-0.2, 0) is 16.1 Å². The lowest BCUT2D eigenvalue weighted by Gasteiger charge is -2.35. The topological polar surface area (TPSA) is 58.8 Å². The summed E-state index contributed by atoms with van der Waals surface area (Å²) in [6.07, 6.45) is 0.0927. The van der Waals surface area contributed by atoms with Crippen LogP contribution in [0.5, 0.6) is 0 Å². The molecule has 0 bridgehead atoms. The number of methoxy groups -OCH3 is 1. The second-order valence-electron chi connectivity index (χ2n) is 5.69. The van der Waals surface area contributed by atoms with E-state index in [2.05, 4.69) is 4.90 Å². The van der Waals surface area contributed by atoms with E-state index in [-0.39, 0.29) is 17.8 Å². The van der Waals surface area contributed by atoms with Crippen LogP contribution in [0.1, 0.15) is 12.0 Å². The van der Waals surface area contributed by atoms with Gasteiger partial charge < -0.3 is 15.4 Å². The number of benzene rings is 1. The molecule has 1 atom stereocenters. The number of rotatable bonds is 6. The van der Waals surface area contributed by atoms with Crippen LogP contribution in [0.3, 0.4) is 0 Å². The SMILES string of the molecule is COC(CN)CC(=O)N1CCN(Cc2ccc(F)cc2Cl)CC1. The van der Waals surface area contributed by atoms with Gasteiger partial charge in [0.25, 0.3) is 0 Å². The second-order valence-corrected chi connectivity index (χ2v) is 6.10. The Kier molecular flexibility index (Phi) is 6.77. The van der Waals surface area contributed by atoms with Crippen LogP contribution in [0.15, 0.2) is 18.2 Å². The number of hydrogen-bond acceptors (Lipinski definition) is 4. The molecule has 128 valence electrons. The molecule has 1 aromatic rings. The van der Waals surface area contributed by atoms with Crippen molar-refractivity contribution in [3.63, 3.8) is 0 Å². The van der Waals surface area contributed by atoms with Gasteiger partial charge in [-0.2, -0.15) is 0 Å². The Morgan fingerprint density at radius 3 is 2.65 bits per heavy atom. The summed E-state index contributed by atoms with van der Waals surface area (Å²) in [6.45, 7) is 3.85. The fourth-order valence-corrected chi connectivity index (χ4v) is 2.86. The summed E-state index contributed by atoms with van der Waals surface area (Å²) in [5.74, 6) is -0.261. The minimum atomic E-state index is -0.332. The van der Waals surface area contributed by atoms with E-state index >= 15 is 0 Å². The Labute approximate surface area is 141 Å². The first-order valence-electron chi connectivity index (χ1n) is 7.70. The second kappa shape index (κ2) is 8.59. The van der Waals surface area contributed by atoms with Crippen molar-refractivity contribution in [3.05, 3.63) is 34.6 Å². The van der Waals surface area contributed by atoms with E-state index in [1.165, 1.54) is 12.1 Å². The van der Waals surface area contributed by atoms with E-state index in [1.807, 2.05) is 4.90 Å². The molecule has 1 unspecified atom stereocenters. The molecule has 1 amide bonds. The Morgan fingerprint density at radius 1 is 1.39 bits per heavy atom. The van der Waals surface area contributed by atoms with Gasteiger partial charge in [-0.05, 0) is 17.7 Å². The van der Waals surface area contributed by atoms with Crippen molar-refractivity contribution in [3.8, 4) is 0 Å². The minimum absolute atomic E-state index is 0.0711. The summed E-state index contributed by atoms with van der Waals surface area (Å²) in [6, 6.07) is 4.45. The van der Waals surface area contributed by atoms with E-state index in [0.717, 1.165) is 18.7 Å². The summed E-state index contributed by atoms with van der Waals surface area (Å²) >= 11 is 6.06. The molecule has 0 radical (unpaired) electrons. The molecule has 1 aliphatic heterocycles. The number of hydrogen-bond donors (Lipinski definition) is 1. The van der Waals surface area contributed by atoms with Crippen molar-refractivity contribution < 1.29 is 13.9 Å². The van der Waals surface area contributed by atoms with Crippen molar-refractivity contribution >= 4 is 17.5 Å². The molecule has 1 heterocycles. The zero-order valence-electron chi connectivity index (χ0n) is 13.3. The van der Waals surface area contributed by atoms with Gasteiger partial charge in [-0.3, -0.25) is 9.69 Å².